The van der Waals surface area contributed by atoms with E-state index in [-0.39, 0.29) is 43.4 Å². The van der Waals surface area contributed by atoms with Crippen molar-refractivity contribution in [3.63, 3.8) is 0 Å². The van der Waals surface area contributed by atoms with Gasteiger partial charge in [-0.1, -0.05) is 58.5 Å². The fourth-order valence-corrected chi connectivity index (χ4v) is 4.74. The maximum absolute atomic E-state index is 13.9. The predicted molar refractivity (Wildman–Crippen MR) is 125 cm³/mol. The molecule has 4 rings (SSSR count). The van der Waals surface area contributed by atoms with E-state index < -0.39 is 24.0 Å². The van der Waals surface area contributed by atoms with E-state index in [1.54, 1.807) is 18.2 Å². The van der Waals surface area contributed by atoms with Crippen molar-refractivity contribution >= 4 is 64.1 Å². The number of aromatic amines is 1. The van der Waals surface area contributed by atoms with Crippen molar-refractivity contribution in [1.82, 2.24) is 14.9 Å². The van der Waals surface area contributed by atoms with Gasteiger partial charge in [-0.3, -0.25) is 9.59 Å². The molecule has 33 heavy (non-hydrogen) atoms. The van der Waals surface area contributed by atoms with Crippen molar-refractivity contribution < 1.29 is 19.5 Å². The van der Waals surface area contributed by atoms with Gasteiger partial charge < -0.3 is 15.0 Å². The first kappa shape index (κ1) is 23.6. The zero-order chi connectivity index (χ0) is 24.0. The molecule has 2 atom stereocenters. The summed E-state index contributed by atoms with van der Waals surface area (Å²) in [6.45, 7) is 1.36. The number of hydrogen-bond donors (Lipinski definition) is 2. The first-order valence-electron chi connectivity index (χ1n) is 9.63. The standard InChI is InChI=1S/C22H15Cl4N3O4/c1-9(30)17-7-16-19(28-8-27-16)20(10-3-2-4-13(23)18(10)26)29(17)21(31)11-5-14(24)15(25)6-12(11)22(32)33/h2-6,8,17,20H,7H2,1H3,(H,27,28)(H,32,33)/t17-,20?/m0/s1. The lowest BCUT2D eigenvalue weighted by atomic mass is 9.88. The topological polar surface area (TPSA) is 103 Å². The summed E-state index contributed by atoms with van der Waals surface area (Å²) in [4.78, 5) is 47.2. The summed E-state index contributed by atoms with van der Waals surface area (Å²) in [5.41, 5.74) is 1.01. The van der Waals surface area contributed by atoms with Crippen molar-refractivity contribution in [2.24, 2.45) is 0 Å². The molecule has 2 N–H and O–H groups in total. The number of nitrogens with zero attached hydrogens (tertiary/aromatic N) is 2. The smallest absolute Gasteiger partial charge is 0.336 e. The van der Waals surface area contributed by atoms with Gasteiger partial charge in [-0.25, -0.2) is 9.78 Å². The predicted octanol–water partition coefficient (Wildman–Crippen LogP) is 5.47. The minimum Gasteiger partial charge on any atom is -0.478 e. The number of amides is 1. The normalized spacial score (nSPS) is 17.5. The van der Waals surface area contributed by atoms with Gasteiger partial charge >= 0.3 is 5.97 Å². The first-order chi connectivity index (χ1) is 15.6. The molecule has 2 aromatic carbocycles. The summed E-state index contributed by atoms with van der Waals surface area (Å²) in [7, 11) is 0. The number of aromatic nitrogens is 2. The number of H-pyrrole nitrogens is 1. The number of ketones is 1. The number of hydrogen-bond acceptors (Lipinski definition) is 4. The molecule has 0 aliphatic carbocycles. The Balaban J connectivity index is 1.98. The Morgan fingerprint density at radius 2 is 1.73 bits per heavy atom. The van der Waals surface area contributed by atoms with Crippen molar-refractivity contribution in [1.29, 1.82) is 0 Å². The van der Waals surface area contributed by atoms with Crippen LogP contribution in [-0.2, 0) is 11.2 Å². The van der Waals surface area contributed by atoms with Gasteiger partial charge in [0.2, 0.25) is 0 Å². The molecule has 0 spiro atoms. The molecule has 3 aromatic rings. The Bertz CT molecular complexity index is 1310. The van der Waals surface area contributed by atoms with Gasteiger partial charge in [0.25, 0.3) is 5.91 Å². The van der Waals surface area contributed by atoms with Gasteiger partial charge in [-0.15, -0.1) is 0 Å². The molecule has 0 saturated heterocycles. The van der Waals surface area contributed by atoms with Crippen LogP contribution in [0.25, 0.3) is 0 Å². The van der Waals surface area contributed by atoms with Gasteiger partial charge in [0.1, 0.15) is 6.04 Å². The Morgan fingerprint density at radius 3 is 2.36 bits per heavy atom. The monoisotopic (exact) mass is 525 g/mol. The molecule has 11 heteroatoms. The van der Waals surface area contributed by atoms with Gasteiger partial charge in [0, 0.05) is 17.7 Å². The van der Waals surface area contributed by atoms with Gasteiger partial charge in [0.05, 0.1) is 49.3 Å². The van der Waals surface area contributed by atoms with Crippen LogP contribution in [0.15, 0.2) is 36.7 Å². The average molecular weight is 527 g/mol. The minimum absolute atomic E-state index is 0.000743. The maximum atomic E-state index is 13.9. The molecule has 7 nitrogen and oxygen atoms in total. The van der Waals surface area contributed by atoms with E-state index in [4.69, 9.17) is 46.4 Å². The van der Waals surface area contributed by atoms with Crippen LogP contribution in [0.1, 0.15) is 50.6 Å². The van der Waals surface area contributed by atoms with Crippen molar-refractivity contribution in [3.05, 3.63) is 84.8 Å². The molecule has 2 heterocycles. The van der Waals surface area contributed by atoms with E-state index in [9.17, 15) is 19.5 Å². The molecule has 0 saturated carbocycles. The van der Waals surface area contributed by atoms with E-state index >= 15 is 0 Å². The highest BCUT2D eigenvalue weighted by Gasteiger charge is 2.44. The van der Waals surface area contributed by atoms with Crippen LogP contribution in [0, 0.1) is 0 Å². The lowest BCUT2D eigenvalue weighted by Gasteiger charge is -2.41. The highest BCUT2D eigenvalue weighted by molar-refractivity contribution is 6.43. The molecule has 0 bridgehead atoms. The van der Waals surface area contributed by atoms with Crippen molar-refractivity contribution in [2.75, 3.05) is 0 Å². The number of halogens is 4. The second-order valence-corrected chi connectivity index (χ2v) is 9.07. The molecule has 1 unspecified atom stereocenters. The number of rotatable bonds is 4. The lowest BCUT2D eigenvalue weighted by molar-refractivity contribution is -0.122. The SMILES string of the molecule is CC(=O)[C@@H]1Cc2[nH]cnc2C(c2cccc(Cl)c2Cl)N1C(=O)c1cc(Cl)c(Cl)cc1C(=O)O. The molecule has 1 aromatic heterocycles. The number of Topliss-reactive ketones (excluding diaryl/α,β-unsaturated/α-hetero) is 1. The van der Waals surface area contributed by atoms with E-state index in [0.717, 1.165) is 6.07 Å². The van der Waals surface area contributed by atoms with Crippen LogP contribution < -0.4 is 0 Å². The van der Waals surface area contributed by atoms with Crippen LogP contribution in [0.3, 0.4) is 0 Å². The molecular weight excluding hydrogens is 512 g/mol. The average Bonchev–Trinajstić information content (AvgIpc) is 3.24. The third-order valence-electron chi connectivity index (χ3n) is 5.52. The number of carboxylic acids is 1. The summed E-state index contributed by atoms with van der Waals surface area (Å²) in [6, 6.07) is 5.38. The van der Waals surface area contributed by atoms with Crippen LogP contribution in [-0.4, -0.2) is 43.7 Å². The summed E-state index contributed by atoms with van der Waals surface area (Å²) in [5.74, 6) is -2.41. The van der Waals surface area contributed by atoms with Crippen LogP contribution in [0.2, 0.25) is 20.1 Å². The molecule has 1 aliphatic heterocycles. The highest BCUT2D eigenvalue weighted by Crippen LogP contribution is 2.42. The molecule has 1 amide bonds. The largest absolute Gasteiger partial charge is 0.478 e. The van der Waals surface area contributed by atoms with Crippen molar-refractivity contribution in [3.8, 4) is 0 Å². The Hall–Kier alpha value is -2.58. The third-order valence-corrected chi connectivity index (χ3v) is 7.08. The minimum atomic E-state index is -1.37. The summed E-state index contributed by atoms with van der Waals surface area (Å²) in [6.07, 6.45) is 1.62. The quantitative estimate of drug-likeness (QED) is 0.469. The number of fused-ring (bicyclic) bond motifs is 1. The number of carbonyl (C=O) groups is 3. The van der Waals surface area contributed by atoms with Gasteiger partial charge in [-0.05, 0) is 25.1 Å². The summed E-state index contributed by atoms with van der Waals surface area (Å²) in [5, 5.41) is 10.1. The lowest BCUT2D eigenvalue weighted by Crippen LogP contribution is -2.51. The molecule has 0 fully saturated rings. The van der Waals surface area contributed by atoms with E-state index in [0.29, 0.717) is 17.0 Å². The Morgan fingerprint density at radius 1 is 1.06 bits per heavy atom. The van der Waals surface area contributed by atoms with E-state index in [2.05, 4.69) is 9.97 Å². The molecule has 170 valence electrons. The zero-order valence-corrected chi connectivity index (χ0v) is 19.9. The number of carboxylic acid groups (broad SMARTS) is 1. The van der Waals surface area contributed by atoms with Gasteiger partial charge in [-0.2, -0.15) is 0 Å². The second-order valence-electron chi connectivity index (χ2n) is 7.47. The highest BCUT2D eigenvalue weighted by atomic mass is 35.5. The van der Waals surface area contributed by atoms with Crippen molar-refractivity contribution in [2.45, 2.75) is 25.4 Å². The summed E-state index contributed by atoms with van der Waals surface area (Å²) < 4.78 is 0. The van der Waals surface area contributed by atoms with Crippen LogP contribution in [0.4, 0.5) is 0 Å². The Labute approximate surface area is 208 Å². The number of benzene rings is 2. The van der Waals surface area contributed by atoms with Crippen LogP contribution >= 0.6 is 46.4 Å². The molecular formula is C22H15Cl4N3O4. The fraction of sp³-hybridized carbons (Fsp3) is 0.182. The number of imidazole rings is 1. The third kappa shape index (κ3) is 4.10. The van der Waals surface area contributed by atoms with Gasteiger partial charge in [0.15, 0.2) is 5.78 Å². The van der Waals surface area contributed by atoms with Crippen LogP contribution in [0.5, 0.6) is 0 Å². The van der Waals surface area contributed by atoms with E-state index in [1.165, 1.54) is 24.2 Å². The number of carbonyl (C=O) groups excluding carboxylic acids is 2. The first-order valence-corrected chi connectivity index (χ1v) is 11.1. The summed E-state index contributed by atoms with van der Waals surface area (Å²) >= 11 is 24.9. The van der Waals surface area contributed by atoms with E-state index in [1.807, 2.05) is 0 Å². The Kier molecular flexibility index (Phi) is 6.42. The fourth-order valence-electron chi connectivity index (χ4n) is 4.00. The zero-order valence-electron chi connectivity index (χ0n) is 16.9. The maximum Gasteiger partial charge on any atom is 0.336 e. The molecule has 0 radical (unpaired) electrons. The number of nitrogens with one attached hydrogen (secondary N) is 1. The number of aromatic carboxylic acids is 1. The second kappa shape index (κ2) is 8.99. The molecule has 1 aliphatic rings.